The van der Waals surface area contributed by atoms with Crippen molar-refractivity contribution in [3.63, 3.8) is 0 Å². The lowest BCUT2D eigenvalue weighted by Crippen LogP contribution is -2.24. The quantitative estimate of drug-likeness (QED) is 0.878. The van der Waals surface area contributed by atoms with Crippen LogP contribution in [0.5, 0.6) is 0 Å². The fourth-order valence-electron chi connectivity index (χ4n) is 1.93. The Morgan fingerprint density at radius 2 is 2.00 bits per heavy atom. The van der Waals surface area contributed by atoms with Crippen LogP contribution in [0.4, 0.5) is 4.39 Å². The van der Waals surface area contributed by atoms with Gasteiger partial charge in [0.2, 0.25) is 0 Å². The SMILES string of the molecule is NC1(Cc2cnn(-c3ccc(F)cc3)c2)CC1. The van der Waals surface area contributed by atoms with Gasteiger partial charge in [-0.2, -0.15) is 5.10 Å². The van der Waals surface area contributed by atoms with Crippen molar-refractivity contribution in [1.29, 1.82) is 0 Å². The maximum Gasteiger partial charge on any atom is 0.123 e. The zero-order valence-corrected chi connectivity index (χ0v) is 9.44. The van der Waals surface area contributed by atoms with Crippen molar-refractivity contribution in [3.8, 4) is 5.69 Å². The van der Waals surface area contributed by atoms with Crippen molar-refractivity contribution in [2.75, 3.05) is 0 Å². The molecule has 2 aromatic rings. The van der Waals surface area contributed by atoms with Gasteiger partial charge in [0.1, 0.15) is 5.82 Å². The Balaban J connectivity index is 1.82. The summed E-state index contributed by atoms with van der Waals surface area (Å²) < 4.78 is 14.5. The Labute approximate surface area is 99.1 Å². The second kappa shape index (κ2) is 3.67. The molecule has 2 N–H and O–H groups in total. The van der Waals surface area contributed by atoms with E-state index in [2.05, 4.69) is 5.10 Å². The zero-order valence-electron chi connectivity index (χ0n) is 9.44. The molecule has 88 valence electrons. The molecule has 1 aromatic carbocycles. The standard InChI is InChI=1S/C13H14FN3/c14-11-1-3-12(4-2-11)17-9-10(8-16-17)7-13(15)5-6-13/h1-4,8-9H,5-7,15H2. The van der Waals surface area contributed by atoms with Gasteiger partial charge >= 0.3 is 0 Å². The summed E-state index contributed by atoms with van der Waals surface area (Å²) in [7, 11) is 0. The normalized spacial score (nSPS) is 17.1. The van der Waals surface area contributed by atoms with Crippen molar-refractivity contribution in [2.45, 2.75) is 24.8 Å². The fraction of sp³-hybridized carbons (Fsp3) is 0.308. The average molecular weight is 231 g/mol. The number of aromatic nitrogens is 2. The van der Waals surface area contributed by atoms with Crippen LogP contribution in [0, 0.1) is 5.82 Å². The van der Waals surface area contributed by atoms with Crippen molar-refractivity contribution in [3.05, 3.63) is 48.0 Å². The van der Waals surface area contributed by atoms with Gasteiger partial charge in [-0.05, 0) is 49.1 Å². The topological polar surface area (TPSA) is 43.8 Å². The first-order valence-electron chi connectivity index (χ1n) is 5.73. The van der Waals surface area contributed by atoms with E-state index in [0.29, 0.717) is 0 Å². The molecule has 3 nitrogen and oxygen atoms in total. The predicted octanol–water partition coefficient (Wildman–Crippen LogP) is 2.05. The van der Waals surface area contributed by atoms with Crippen LogP contribution >= 0.6 is 0 Å². The van der Waals surface area contributed by atoms with Crippen LogP contribution < -0.4 is 5.73 Å². The molecule has 3 rings (SSSR count). The predicted molar refractivity (Wildman–Crippen MR) is 63.4 cm³/mol. The molecule has 1 saturated carbocycles. The molecule has 1 aromatic heterocycles. The van der Waals surface area contributed by atoms with Crippen LogP contribution in [0.15, 0.2) is 36.7 Å². The first kappa shape index (κ1) is 10.5. The van der Waals surface area contributed by atoms with Crippen molar-refractivity contribution < 1.29 is 4.39 Å². The minimum Gasteiger partial charge on any atom is -0.325 e. The monoisotopic (exact) mass is 231 g/mol. The Morgan fingerprint density at radius 3 is 2.65 bits per heavy atom. The lowest BCUT2D eigenvalue weighted by Gasteiger charge is -2.04. The van der Waals surface area contributed by atoms with Crippen LogP contribution in [0.3, 0.4) is 0 Å². The molecule has 0 aliphatic heterocycles. The largest absolute Gasteiger partial charge is 0.325 e. The molecule has 0 bridgehead atoms. The van der Waals surface area contributed by atoms with Crippen LogP contribution in [0.2, 0.25) is 0 Å². The molecule has 1 heterocycles. The summed E-state index contributed by atoms with van der Waals surface area (Å²) in [5, 5.41) is 4.27. The van der Waals surface area contributed by atoms with Crippen LogP contribution in [-0.2, 0) is 6.42 Å². The molecule has 1 aliphatic rings. The second-order valence-corrected chi connectivity index (χ2v) is 4.81. The summed E-state index contributed by atoms with van der Waals surface area (Å²) in [6.45, 7) is 0. The Hall–Kier alpha value is -1.68. The number of hydrogen-bond acceptors (Lipinski definition) is 2. The maximum atomic E-state index is 12.8. The molecule has 4 heteroatoms. The van der Waals surface area contributed by atoms with E-state index >= 15 is 0 Å². The minimum absolute atomic E-state index is 0.00331. The lowest BCUT2D eigenvalue weighted by atomic mass is 10.1. The maximum absolute atomic E-state index is 12.8. The smallest absolute Gasteiger partial charge is 0.123 e. The van der Waals surface area contributed by atoms with Gasteiger partial charge in [-0.3, -0.25) is 0 Å². The third kappa shape index (κ3) is 2.22. The number of nitrogens with two attached hydrogens (primary N) is 1. The van der Waals surface area contributed by atoms with Gasteiger partial charge in [0.15, 0.2) is 0 Å². The molecule has 1 aliphatic carbocycles. The van der Waals surface area contributed by atoms with Crippen LogP contribution in [-0.4, -0.2) is 15.3 Å². The zero-order chi connectivity index (χ0) is 11.9. The van der Waals surface area contributed by atoms with E-state index in [1.54, 1.807) is 16.8 Å². The number of benzene rings is 1. The van der Waals surface area contributed by atoms with Crippen molar-refractivity contribution in [2.24, 2.45) is 5.73 Å². The molecule has 0 amide bonds. The first-order chi connectivity index (χ1) is 8.15. The number of hydrogen-bond donors (Lipinski definition) is 1. The van der Waals surface area contributed by atoms with Gasteiger partial charge in [-0.1, -0.05) is 0 Å². The van der Waals surface area contributed by atoms with E-state index < -0.39 is 0 Å². The molecule has 17 heavy (non-hydrogen) atoms. The van der Waals surface area contributed by atoms with E-state index in [1.165, 1.54) is 12.1 Å². The van der Waals surface area contributed by atoms with Gasteiger partial charge in [0, 0.05) is 11.7 Å². The molecular formula is C13H14FN3. The van der Waals surface area contributed by atoms with Crippen LogP contribution in [0.25, 0.3) is 5.69 Å². The summed E-state index contributed by atoms with van der Waals surface area (Å²) >= 11 is 0. The highest BCUT2D eigenvalue weighted by Crippen LogP contribution is 2.35. The molecule has 0 atom stereocenters. The lowest BCUT2D eigenvalue weighted by molar-refractivity contribution is 0.627. The van der Waals surface area contributed by atoms with E-state index in [9.17, 15) is 4.39 Å². The first-order valence-corrected chi connectivity index (χ1v) is 5.73. The summed E-state index contributed by atoms with van der Waals surface area (Å²) in [5.41, 5.74) is 8.05. The molecule has 0 spiro atoms. The Kier molecular flexibility index (Phi) is 2.26. The fourth-order valence-corrected chi connectivity index (χ4v) is 1.93. The Morgan fingerprint density at radius 1 is 1.29 bits per heavy atom. The highest BCUT2D eigenvalue weighted by Gasteiger charge is 2.38. The number of nitrogens with zero attached hydrogens (tertiary/aromatic N) is 2. The Bertz CT molecular complexity index is 526. The molecule has 0 radical (unpaired) electrons. The van der Waals surface area contributed by atoms with Gasteiger partial charge in [-0.25, -0.2) is 9.07 Å². The summed E-state index contributed by atoms with van der Waals surface area (Å²) in [5.74, 6) is -0.236. The van der Waals surface area contributed by atoms with Gasteiger partial charge in [0.05, 0.1) is 11.9 Å². The third-order valence-electron chi connectivity index (χ3n) is 3.18. The highest BCUT2D eigenvalue weighted by atomic mass is 19.1. The minimum atomic E-state index is -0.236. The van der Waals surface area contributed by atoms with E-state index in [0.717, 1.165) is 30.5 Å². The number of halogens is 1. The highest BCUT2D eigenvalue weighted by molar-refractivity contribution is 5.32. The summed E-state index contributed by atoms with van der Waals surface area (Å²) in [4.78, 5) is 0. The van der Waals surface area contributed by atoms with E-state index in [1.807, 2.05) is 12.4 Å². The van der Waals surface area contributed by atoms with Gasteiger partial charge in [-0.15, -0.1) is 0 Å². The van der Waals surface area contributed by atoms with Crippen molar-refractivity contribution >= 4 is 0 Å². The molecular weight excluding hydrogens is 217 g/mol. The molecule has 0 unspecified atom stereocenters. The summed E-state index contributed by atoms with van der Waals surface area (Å²) in [6.07, 6.45) is 6.84. The number of rotatable bonds is 3. The molecule has 1 fully saturated rings. The second-order valence-electron chi connectivity index (χ2n) is 4.81. The third-order valence-corrected chi connectivity index (χ3v) is 3.18. The van der Waals surface area contributed by atoms with Crippen molar-refractivity contribution in [1.82, 2.24) is 9.78 Å². The summed E-state index contributed by atoms with van der Waals surface area (Å²) in [6, 6.07) is 6.28. The van der Waals surface area contributed by atoms with E-state index in [4.69, 9.17) is 5.73 Å². The van der Waals surface area contributed by atoms with Gasteiger partial charge in [0.25, 0.3) is 0 Å². The van der Waals surface area contributed by atoms with E-state index in [-0.39, 0.29) is 11.4 Å². The molecule has 0 saturated heterocycles. The van der Waals surface area contributed by atoms with Crippen LogP contribution in [0.1, 0.15) is 18.4 Å². The van der Waals surface area contributed by atoms with Gasteiger partial charge < -0.3 is 5.73 Å². The average Bonchev–Trinajstić information content (AvgIpc) is 2.86.